The normalized spacial score (nSPS) is 17.4. The standard InChI is InChI=1S/C15H22N2O2/c1-12-5-4-6-13(9-12)17-14(19)10-16-15(11-18)7-2-3-8-15/h4-6,9,16,18H,2-3,7-8,10-11H2,1H3,(H,17,19). The van der Waals surface area contributed by atoms with Gasteiger partial charge >= 0.3 is 0 Å². The molecule has 1 saturated carbocycles. The minimum atomic E-state index is -0.246. The summed E-state index contributed by atoms with van der Waals surface area (Å²) in [5, 5.41) is 15.5. The molecule has 1 aromatic carbocycles. The number of carbonyl (C=O) groups is 1. The van der Waals surface area contributed by atoms with E-state index in [1.165, 1.54) is 0 Å². The van der Waals surface area contributed by atoms with Gasteiger partial charge < -0.3 is 15.7 Å². The molecule has 19 heavy (non-hydrogen) atoms. The Morgan fingerprint density at radius 2 is 2.11 bits per heavy atom. The van der Waals surface area contributed by atoms with Gasteiger partial charge in [-0.15, -0.1) is 0 Å². The molecule has 0 saturated heterocycles. The van der Waals surface area contributed by atoms with Crippen LogP contribution in [0, 0.1) is 6.92 Å². The number of amides is 1. The molecule has 0 heterocycles. The fourth-order valence-electron chi connectivity index (χ4n) is 2.64. The van der Waals surface area contributed by atoms with Crippen molar-refractivity contribution in [3.63, 3.8) is 0 Å². The van der Waals surface area contributed by atoms with Crippen molar-refractivity contribution in [2.45, 2.75) is 38.1 Å². The number of benzene rings is 1. The van der Waals surface area contributed by atoms with Crippen LogP contribution >= 0.6 is 0 Å². The Bertz CT molecular complexity index is 440. The summed E-state index contributed by atoms with van der Waals surface area (Å²) in [5.74, 6) is -0.0645. The molecule has 0 aliphatic heterocycles. The van der Waals surface area contributed by atoms with Crippen molar-refractivity contribution in [2.24, 2.45) is 0 Å². The van der Waals surface area contributed by atoms with Gasteiger partial charge in [-0.05, 0) is 37.5 Å². The van der Waals surface area contributed by atoms with E-state index in [-0.39, 0.29) is 24.6 Å². The Morgan fingerprint density at radius 1 is 1.37 bits per heavy atom. The molecule has 1 aromatic rings. The SMILES string of the molecule is Cc1cccc(NC(=O)CNC2(CO)CCCC2)c1. The fraction of sp³-hybridized carbons (Fsp3) is 0.533. The molecule has 1 fully saturated rings. The van der Waals surface area contributed by atoms with Crippen LogP contribution in [0.3, 0.4) is 0 Å². The molecule has 1 aliphatic rings. The summed E-state index contributed by atoms with van der Waals surface area (Å²) >= 11 is 0. The molecule has 2 rings (SSSR count). The Labute approximate surface area is 114 Å². The summed E-state index contributed by atoms with van der Waals surface area (Å²) in [6.07, 6.45) is 4.13. The summed E-state index contributed by atoms with van der Waals surface area (Å²) in [6, 6.07) is 7.73. The molecule has 1 amide bonds. The highest BCUT2D eigenvalue weighted by atomic mass is 16.3. The number of anilines is 1. The molecule has 1 aliphatic carbocycles. The fourth-order valence-corrected chi connectivity index (χ4v) is 2.64. The van der Waals surface area contributed by atoms with Gasteiger partial charge in [0.05, 0.1) is 13.2 Å². The van der Waals surface area contributed by atoms with E-state index in [0.29, 0.717) is 0 Å². The van der Waals surface area contributed by atoms with Gasteiger partial charge in [-0.3, -0.25) is 4.79 Å². The third-order valence-corrected chi connectivity index (χ3v) is 3.79. The van der Waals surface area contributed by atoms with Crippen LogP contribution in [0.25, 0.3) is 0 Å². The lowest BCUT2D eigenvalue weighted by Crippen LogP contribution is -2.49. The second-order valence-corrected chi connectivity index (χ2v) is 5.42. The zero-order valence-electron chi connectivity index (χ0n) is 11.4. The van der Waals surface area contributed by atoms with E-state index in [9.17, 15) is 9.90 Å². The maximum absolute atomic E-state index is 11.9. The van der Waals surface area contributed by atoms with Gasteiger partial charge in [0.25, 0.3) is 0 Å². The number of aryl methyl sites for hydroxylation is 1. The third-order valence-electron chi connectivity index (χ3n) is 3.79. The second-order valence-electron chi connectivity index (χ2n) is 5.42. The summed E-state index contributed by atoms with van der Waals surface area (Å²) in [7, 11) is 0. The molecule has 0 spiro atoms. The monoisotopic (exact) mass is 262 g/mol. The highest BCUT2D eigenvalue weighted by Crippen LogP contribution is 2.28. The predicted molar refractivity (Wildman–Crippen MR) is 76.1 cm³/mol. The number of hydrogen-bond acceptors (Lipinski definition) is 3. The van der Waals surface area contributed by atoms with Crippen molar-refractivity contribution < 1.29 is 9.90 Å². The number of hydrogen-bond donors (Lipinski definition) is 3. The predicted octanol–water partition coefficient (Wildman–Crippen LogP) is 1.83. The molecule has 4 nitrogen and oxygen atoms in total. The molecule has 3 N–H and O–H groups in total. The summed E-state index contributed by atoms with van der Waals surface area (Å²) in [4.78, 5) is 11.9. The van der Waals surface area contributed by atoms with E-state index < -0.39 is 0 Å². The Morgan fingerprint density at radius 3 is 2.74 bits per heavy atom. The molecule has 0 bridgehead atoms. The molecule has 0 aromatic heterocycles. The van der Waals surface area contributed by atoms with E-state index in [1.54, 1.807) is 0 Å². The molecule has 4 heteroatoms. The first-order valence-electron chi connectivity index (χ1n) is 6.86. The van der Waals surface area contributed by atoms with Gasteiger partial charge in [0, 0.05) is 11.2 Å². The van der Waals surface area contributed by atoms with Gasteiger partial charge in [-0.2, -0.15) is 0 Å². The van der Waals surface area contributed by atoms with E-state index in [2.05, 4.69) is 10.6 Å². The number of aliphatic hydroxyl groups excluding tert-OH is 1. The topological polar surface area (TPSA) is 61.4 Å². The first-order chi connectivity index (χ1) is 9.13. The first-order valence-corrected chi connectivity index (χ1v) is 6.86. The van der Waals surface area contributed by atoms with Crippen molar-refractivity contribution in [1.82, 2.24) is 5.32 Å². The van der Waals surface area contributed by atoms with Crippen molar-refractivity contribution in [3.05, 3.63) is 29.8 Å². The Kier molecular flexibility index (Phi) is 4.56. The van der Waals surface area contributed by atoms with Crippen molar-refractivity contribution >= 4 is 11.6 Å². The summed E-state index contributed by atoms with van der Waals surface area (Å²) in [5.41, 5.74) is 1.69. The molecule has 0 radical (unpaired) electrons. The number of aliphatic hydroxyl groups is 1. The van der Waals surface area contributed by atoms with Crippen LogP contribution in [0.15, 0.2) is 24.3 Å². The van der Waals surface area contributed by atoms with Crippen LogP contribution in [0.2, 0.25) is 0 Å². The first kappa shape index (κ1) is 14.0. The zero-order valence-corrected chi connectivity index (χ0v) is 11.4. The molecule has 0 unspecified atom stereocenters. The molecule has 0 atom stereocenters. The number of carbonyl (C=O) groups excluding carboxylic acids is 1. The average molecular weight is 262 g/mol. The molecule has 104 valence electrons. The maximum atomic E-state index is 11.9. The average Bonchev–Trinajstić information content (AvgIpc) is 2.86. The van der Waals surface area contributed by atoms with Crippen LogP contribution in [-0.4, -0.2) is 29.7 Å². The third kappa shape index (κ3) is 3.78. The van der Waals surface area contributed by atoms with Gasteiger partial charge in [0.15, 0.2) is 0 Å². The van der Waals surface area contributed by atoms with Crippen molar-refractivity contribution in [2.75, 3.05) is 18.5 Å². The van der Waals surface area contributed by atoms with Crippen LogP contribution in [-0.2, 0) is 4.79 Å². The highest BCUT2D eigenvalue weighted by molar-refractivity contribution is 5.92. The lowest BCUT2D eigenvalue weighted by Gasteiger charge is -2.27. The zero-order chi connectivity index (χ0) is 13.7. The Hall–Kier alpha value is -1.39. The van der Waals surface area contributed by atoms with E-state index in [1.807, 2.05) is 31.2 Å². The largest absolute Gasteiger partial charge is 0.394 e. The lowest BCUT2D eigenvalue weighted by molar-refractivity contribution is -0.115. The second kappa shape index (κ2) is 6.17. The van der Waals surface area contributed by atoms with Crippen LogP contribution in [0.1, 0.15) is 31.2 Å². The summed E-state index contributed by atoms with van der Waals surface area (Å²) < 4.78 is 0. The van der Waals surface area contributed by atoms with Crippen LogP contribution < -0.4 is 10.6 Å². The minimum Gasteiger partial charge on any atom is -0.394 e. The van der Waals surface area contributed by atoms with E-state index in [0.717, 1.165) is 36.9 Å². The molecular weight excluding hydrogens is 240 g/mol. The van der Waals surface area contributed by atoms with Gasteiger partial charge in [0.2, 0.25) is 5.91 Å². The van der Waals surface area contributed by atoms with Crippen LogP contribution in [0.5, 0.6) is 0 Å². The van der Waals surface area contributed by atoms with Crippen molar-refractivity contribution in [3.8, 4) is 0 Å². The van der Waals surface area contributed by atoms with Gasteiger partial charge in [-0.1, -0.05) is 25.0 Å². The number of rotatable bonds is 5. The maximum Gasteiger partial charge on any atom is 0.238 e. The lowest BCUT2D eigenvalue weighted by atomic mass is 9.99. The highest BCUT2D eigenvalue weighted by Gasteiger charge is 2.32. The van der Waals surface area contributed by atoms with Gasteiger partial charge in [-0.25, -0.2) is 0 Å². The van der Waals surface area contributed by atoms with Crippen LogP contribution in [0.4, 0.5) is 5.69 Å². The van der Waals surface area contributed by atoms with Crippen molar-refractivity contribution in [1.29, 1.82) is 0 Å². The van der Waals surface area contributed by atoms with Gasteiger partial charge in [0.1, 0.15) is 0 Å². The van der Waals surface area contributed by atoms with E-state index >= 15 is 0 Å². The number of nitrogens with one attached hydrogen (secondary N) is 2. The summed E-state index contributed by atoms with van der Waals surface area (Å²) in [6.45, 7) is 2.34. The van der Waals surface area contributed by atoms with E-state index in [4.69, 9.17) is 0 Å². The Balaban J connectivity index is 1.84. The molecular formula is C15H22N2O2. The quantitative estimate of drug-likeness (QED) is 0.758. The minimum absolute atomic E-state index is 0.0645. The smallest absolute Gasteiger partial charge is 0.238 e.